The zero-order valence-electron chi connectivity index (χ0n) is 15.8. The number of anilines is 1. The lowest BCUT2D eigenvalue weighted by Gasteiger charge is -2.36. The minimum Gasteiger partial charge on any atom is -0.490 e. The Balaban J connectivity index is 1.29. The fourth-order valence-electron chi connectivity index (χ4n) is 3.65. The quantitative estimate of drug-likeness (QED) is 0.686. The van der Waals surface area contributed by atoms with Crippen molar-refractivity contribution in [3.8, 4) is 5.75 Å². The third-order valence-electron chi connectivity index (χ3n) is 5.12. The number of nitrogens with zero attached hydrogens (tertiary/aromatic N) is 2. The number of ether oxygens (including phenoxy) is 1. The monoisotopic (exact) mass is 379 g/mol. The van der Waals surface area contributed by atoms with E-state index in [1.165, 1.54) is 11.8 Å². The number of hydrogen-bond acceptors (Lipinski definition) is 5. The molecule has 28 heavy (non-hydrogen) atoms. The summed E-state index contributed by atoms with van der Waals surface area (Å²) in [6.07, 6.45) is -0.568. The predicted octanol–water partition coefficient (Wildman–Crippen LogP) is 2.09. The van der Waals surface area contributed by atoms with Crippen LogP contribution in [0.5, 0.6) is 5.75 Å². The van der Waals surface area contributed by atoms with Crippen molar-refractivity contribution in [3.05, 3.63) is 71.0 Å². The molecule has 146 valence electrons. The zero-order valence-corrected chi connectivity index (χ0v) is 15.8. The van der Waals surface area contributed by atoms with Crippen LogP contribution >= 0.6 is 0 Å². The highest BCUT2D eigenvalue weighted by Gasteiger charge is 2.19. The van der Waals surface area contributed by atoms with E-state index in [0.717, 1.165) is 37.1 Å². The first-order valence-corrected chi connectivity index (χ1v) is 9.64. The summed E-state index contributed by atoms with van der Waals surface area (Å²) < 4.78 is 5.84. The van der Waals surface area contributed by atoms with Gasteiger partial charge in [0.2, 0.25) is 5.56 Å². The highest BCUT2D eigenvalue weighted by molar-refractivity contribution is 5.84. The Labute approximate surface area is 164 Å². The van der Waals surface area contributed by atoms with E-state index in [9.17, 15) is 9.90 Å². The normalized spacial score (nSPS) is 16.2. The number of aromatic amines is 1. The van der Waals surface area contributed by atoms with Crippen LogP contribution in [0.15, 0.2) is 65.5 Å². The maximum atomic E-state index is 11.5. The number of rotatable bonds is 6. The molecule has 2 aromatic carbocycles. The van der Waals surface area contributed by atoms with Crippen molar-refractivity contribution in [1.82, 2.24) is 9.88 Å². The summed E-state index contributed by atoms with van der Waals surface area (Å²) in [7, 11) is 0. The first kappa shape index (κ1) is 18.5. The Bertz CT molecular complexity index is 965. The molecule has 1 fully saturated rings. The number of aliphatic hydroxyl groups is 1. The van der Waals surface area contributed by atoms with Crippen LogP contribution in [-0.2, 0) is 0 Å². The molecule has 0 radical (unpaired) electrons. The summed E-state index contributed by atoms with van der Waals surface area (Å²) in [6.45, 7) is 4.55. The third-order valence-corrected chi connectivity index (χ3v) is 5.12. The second kappa shape index (κ2) is 8.46. The van der Waals surface area contributed by atoms with Crippen molar-refractivity contribution in [3.63, 3.8) is 0 Å². The number of H-pyrrole nitrogens is 1. The molecule has 1 unspecified atom stereocenters. The van der Waals surface area contributed by atoms with E-state index in [4.69, 9.17) is 4.74 Å². The van der Waals surface area contributed by atoms with Gasteiger partial charge in [-0.25, -0.2) is 0 Å². The Morgan fingerprint density at radius 3 is 2.54 bits per heavy atom. The summed E-state index contributed by atoms with van der Waals surface area (Å²) in [5.41, 5.74) is 1.84. The molecule has 3 aromatic rings. The van der Waals surface area contributed by atoms with Gasteiger partial charge in [0.15, 0.2) is 0 Å². The minimum atomic E-state index is -0.568. The molecule has 0 saturated carbocycles. The van der Waals surface area contributed by atoms with Crippen molar-refractivity contribution in [1.29, 1.82) is 0 Å². The molecular weight excluding hydrogens is 354 g/mol. The van der Waals surface area contributed by atoms with Crippen LogP contribution in [0, 0.1) is 0 Å². The van der Waals surface area contributed by atoms with Crippen molar-refractivity contribution in [2.75, 3.05) is 44.2 Å². The smallest absolute Gasteiger partial charge is 0.248 e. The standard InChI is InChI=1S/C22H25N3O3/c26-18(15-24-11-13-25(14-12-24)17-5-2-1-3-6-17)16-28-21-8-4-7-20-19(21)9-10-22(27)23-20/h1-10,18,26H,11-16H2,(H,23,27). The van der Waals surface area contributed by atoms with Gasteiger partial charge in [-0.3, -0.25) is 9.69 Å². The molecule has 1 aliphatic heterocycles. The first-order valence-electron chi connectivity index (χ1n) is 9.64. The van der Waals surface area contributed by atoms with Gasteiger partial charge in [-0.05, 0) is 30.3 Å². The summed E-state index contributed by atoms with van der Waals surface area (Å²) in [5.74, 6) is 0.668. The molecule has 1 aromatic heterocycles. The molecule has 1 aliphatic rings. The van der Waals surface area contributed by atoms with E-state index in [0.29, 0.717) is 12.3 Å². The molecule has 1 saturated heterocycles. The molecule has 4 rings (SSSR count). The van der Waals surface area contributed by atoms with Crippen LogP contribution in [0.25, 0.3) is 10.9 Å². The number of β-amino-alcohol motifs (C(OH)–C–C–N with tert-alkyl or cyclic N) is 1. The van der Waals surface area contributed by atoms with Crippen LogP contribution in [0.1, 0.15) is 0 Å². The topological polar surface area (TPSA) is 68.8 Å². The largest absolute Gasteiger partial charge is 0.490 e. The number of benzene rings is 2. The number of aromatic nitrogens is 1. The van der Waals surface area contributed by atoms with Crippen LogP contribution in [0.2, 0.25) is 0 Å². The maximum Gasteiger partial charge on any atom is 0.248 e. The average molecular weight is 379 g/mol. The van der Waals surface area contributed by atoms with Crippen LogP contribution < -0.4 is 15.2 Å². The second-order valence-electron chi connectivity index (χ2n) is 7.13. The van der Waals surface area contributed by atoms with Gasteiger partial charge >= 0.3 is 0 Å². The number of para-hydroxylation sites is 1. The number of nitrogens with one attached hydrogen (secondary N) is 1. The second-order valence-corrected chi connectivity index (χ2v) is 7.13. The Kier molecular flexibility index (Phi) is 5.60. The Morgan fingerprint density at radius 2 is 1.75 bits per heavy atom. The van der Waals surface area contributed by atoms with Crippen LogP contribution in [0.3, 0.4) is 0 Å². The molecule has 0 spiro atoms. The van der Waals surface area contributed by atoms with Gasteiger partial charge in [0.25, 0.3) is 0 Å². The number of pyridine rings is 1. The van der Waals surface area contributed by atoms with Gasteiger partial charge in [0.1, 0.15) is 18.5 Å². The Morgan fingerprint density at radius 1 is 0.964 bits per heavy atom. The van der Waals surface area contributed by atoms with E-state index >= 15 is 0 Å². The fraction of sp³-hybridized carbons (Fsp3) is 0.318. The summed E-state index contributed by atoms with van der Waals surface area (Å²) >= 11 is 0. The van der Waals surface area contributed by atoms with Crippen molar-refractivity contribution in [2.24, 2.45) is 0 Å². The van der Waals surface area contributed by atoms with Gasteiger partial charge in [0.05, 0.1) is 5.52 Å². The van der Waals surface area contributed by atoms with E-state index in [2.05, 4.69) is 39.0 Å². The first-order chi connectivity index (χ1) is 13.7. The molecule has 0 aliphatic carbocycles. The van der Waals surface area contributed by atoms with Crippen molar-refractivity contribution < 1.29 is 9.84 Å². The predicted molar refractivity (Wildman–Crippen MR) is 111 cm³/mol. The maximum absolute atomic E-state index is 11.5. The lowest BCUT2D eigenvalue weighted by molar-refractivity contribution is 0.0668. The van der Waals surface area contributed by atoms with Gasteiger partial charge in [0, 0.05) is 49.9 Å². The lowest BCUT2D eigenvalue weighted by Crippen LogP contribution is -2.49. The van der Waals surface area contributed by atoms with Crippen LogP contribution in [0.4, 0.5) is 5.69 Å². The Hall–Kier alpha value is -2.83. The molecule has 0 amide bonds. The minimum absolute atomic E-state index is 0.140. The van der Waals surface area contributed by atoms with E-state index in [1.807, 2.05) is 24.3 Å². The van der Waals surface area contributed by atoms with Crippen molar-refractivity contribution >= 4 is 16.6 Å². The average Bonchev–Trinajstić information content (AvgIpc) is 2.73. The van der Waals surface area contributed by atoms with E-state index in [1.54, 1.807) is 6.07 Å². The lowest BCUT2D eigenvalue weighted by atomic mass is 10.2. The van der Waals surface area contributed by atoms with Gasteiger partial charge < -0.3 is 19.7 Å². The molecule has 1 atom stereocenters. The van der Waals surface area contributed by atoms with Crippen molar-refractivity contribution in [2.45, 2.75) is 6.10 Å². The summed E-state index contributed by atoms with van der Waals surface area (Å²) in [5, 5.41) is 11.3. The molecule has 6 nitrogen and oxygen atoms in total. The summed E-state index contributed by atoms with van der Waals surface area (Å²) in [6, 6.07) is 19.2. The fourth-order valence-corrected chi connectivity index (χ4v) is 3.65. The van der Waals surface area contributed by atoms with Gasteiger partial charge in [-0.15, -0.1) is 0 Å². The van der Waals surface area contributed by atoms with Gasteiger partial charge in [-0.1, -0.05) is 24.3 Å². The molecule has 6 heteroatoms. The third kappa shape index (κ3) is 4.35. The highest BCUT2D eigenvalue weighted by atomic mass is 16.5. The highest BCUT2D eigenvalue weighted by Crippen LogP contribution is 2.23. The van der Waals surface area contributed by atoms with E-state index < -0.39 is 6.10 Å². The SMILES string of the molecule is O=c1ccc2c(OCC(O)CN3CCN(c4ccccc4)CC3)cccc2[nH]1. The number of piperazine rings is 1. The number of fused-ring (bicyclic) bond motifs is 1. The zero-order chi connectivity index (χ0) is 19.3. The molecule has 2 N–H and O–H groups in total. The molecule has 0 bridgehead atoms. The molecular formula is C22H25N3O3. The van der Waals surface area contributed by atoms with Crippen LogP contribution in [-0.4, -0.2) is 60.4 Å². The summed E-state index contributed by atoms with van der Waals surface area (Å²) in [4.78, 5) is 18.9. The number of aliphatic hydroxyl groups excluding tert-OH is 1. The molecule has 2 heterocycles. The van der Waals surface area contributed by atoms with Gasteiger partial charge in [-0.2, -0.15) is 0 Å². The van der Waals surface area contributed by atoms with E-state index in [-0.39, 0.29) is 12.2 Å². The number of hydrogen-bond donors (Lipinski definition) is 2.